The number of anilines is 2. The van der Waals surface area contributed by atoms with Crippen LogP contribution in [-0.2, 0) is 4.74 Å². The number of aromatic nitrogens is 2. The predicted molar refractivity (Wildman–Crippen MR) is 98.4 cm³/mol. The summed E-state index contributed by atoms with van der Waals surface area (Å²) < 4.78 is 6.18. The normalized spacial score (nSPS) is 16.9. The lowest BCUT2D eigenvalue weighted by atomic mass is 10.2. The largest absolute Gasteiger partial charge is 0.391 e. The van der Waals surface area contributed by atoms with E-state index in [1.807, 2.05) is 12.1 Å². The van der Waals surface area contributed by atoms with E-state index in [0.29, 0.717) is 12.3 Å². The molecule has 0 saturated carbocycles. The Labute approximate surface area is 150 Å². The number of benzene rings is 1. The van der Waals surface area contributed by atoms with Crippen molar-refractivity contribution in [3.05, 3.63) is 29.8 Å². The van der Waals surface area contributed by atoms with Crippen molar-refractivity contribution in [1.82, 2.24) is 15.1 Å². The molecule has 0 amide bonds. The molecule has 0 spiro atoms. The lowest BCUT2D eigenvalue weighted by molar-refractivity contribution is 0.0188. The zero-order valence-corrected chi connectivity index (χ0v) is 15.3. The van der Waals surface area contributed by atoms with Crippen LogP contribution in [0.3, 0.4) is 0 Å². The van der Waals surface area contributed by atoms with E-state index >= 15 is 0 Å². The molecule has 24 heavy (non-hydrogen) atoms. The summed E-state index contributed by atoms with van der Waals surface area (Å²) in [6.07, 6.45) is -0.370. The number of ether oxygens (including phenoxy) is 1. The molecule has 2 N–H and O–H groups in total. The number of rotatable bonds is 7. The summed E-state index contributed by atoms with van der Waals surface area (Å²) in [5, 5.41) is 22.5. The van der Waals surface area contributed by atoms with Gasteiger partial charge in [0.2, 0.25) is 5.13 Å². The Hall–Kier alpha value is -1.19. The van der Waals surface area contributed by atoms with Crippen molar-refractivity contribution in [3.8, 4) is 0 Å². The average Bonchev–Trinajstić information content (AvgIpc) is 3.04. The fourth-order valence-corrected chi connectivity index (χ4v) is 4.09. The van der Waals surface area contributed by atoms with Crippen molar-refractivity contribution < 1.29 is 9.84 Å². The third-order valence-corrected chi connectivity index (χ3v) is 5.80. The predicted octanol–water partition coefficient (Wildman–Crippen LogP) is 2.38. The highest BCUT2D eigenvalue weighted by molar-refractivity contribution is 8.01. The monoisotopic (exact) mass is 366 g/mol. The standard InChI is InChI=1S/C16H22N4O2S2/c1-12-2-4-13(5-3-12)17-15-18-19-16(24-15)23-11-14(21)10-20-6-8-22-9-7-20/h2-5,14,21H,6-11H2,1H3,(H,17,18)/t14-/m1/s1. The molecule has 0 unspecified atom stereocenters. The van der Waals surface area contributed by atoms with Gasteiger partial charge in [0.05, 0.1) is 19.3 Å². The molecule has 1 aromatic carbocycles. The van der Waals surface area contributed by atoms with Crippen molar-refractivity contribution in [3.63, 3.8) is 0 Å². The lowest BCUT2D eigenvalue weighted by Gasteiger charge is -2.28. The Morgan fingerprint density at radius 3 is 2.79 bits per heavy atom. The van der Waals surface area contributed by atoms with Crippen LogP contribution in [0.5, 0.6) is 0 Å². The second kappa shape index (κ2) is 8.77. The lowest BCUT2D eigenvalue weighted by Crippen LogP contribution is -2.41. The molecular formula is C16H22N4O2S2. The van der Waals surface area contributed by atoms with Gasteiger partial charge in [0.1, 0.15) is 0 Å². The van der Waals surface area contributed by atoms with Crippen LogP contribution in [0.2, 0.25) is 0 Å². The molecule has 1 fully saturated rings. The molecule has 3 rings (SSSR count). The van der Waals surface area contributed by atoms with Gasteiger partial charge in [-0.15, -0.1) is 10.2 Å². The average molecular weight is 367 g/mol. The van der Waals surface area contributed by atoms with Gasteiger partial charge in [0.25, 0.3) is 0 Å². The van der Waals surface area contributed by atoms with Gasteiger partial charge >= 0.3 is 0 Å². The number of aliphatic hydroxyl groups is 1. The molecule has 2 heterocycles. The third kappa shape index (κ3) is 5.42. The second-order valence-electron chi connectivity index (χ2n) is 5.74. The molecule has 6 nitrogen and oxygen atoms in total. The van der Waals surface area contributed by atoms with Crippen LogP contribution >= 0.6 is 23.1 Å². The fraction of sp³-hybridized carbons (Fsp3) is 0.500. The number of hydrogen-bond acceptors (Lipinski definition) is 8. The van der Waals surface area contributed by atoms with Crippen LogP contribution in [0.4, 0.5) is 10.8 Å². The number of morpholine rings is 1. The molecule has 8 heteroatoms. The minimum absolute atomic E-state index is 0.370. The number of hydrogen-bond donors (Lipinski definition) is 2. The number of aryl methyl sites for hydroxylation is 1. The summed E-state index contributed by atoms with van der Waals surface area (Å²) in [6, 6.07) is 8.16. The SMILES string of the molecule is Cc1ccc(Nc2nnc(SC[C@H](O)CN3CCOCC3)s2)cc1. The Balaban J connectivity index is 1.44. The van der Waals surface area contributed by atoms with Crippen LogP contribution < -0.4 is 5.32 Å². The quantitative estimate of drug-likeness (QED) is 0.729. The minimum atomic E-state index is -0.370. The molecule has 1 atom stereocenters. The number of aliphatic hydroxyl groups excluding tert-OH is 1. The third-order valence-electron chi connectivity index (χ3n) is 3.68. The van der Waals surface area contributed by atoms with Crippen LogP contribution in [0.15, 0.2) is 28.6 Å². The summed E-state index contributed by atoms with van der Waals surface area (Å²) in [7, 11) is 0. The number of β-amino-alcohol motifs (C(OH)–C–C–N with tert-alkyl or cyclic N) is 1. The van der Waals surface area contributed by atoms with Crippen molar-refractivity contribution in [2.24, 2.45) is 0 Å². The fourth-order valence-electron chi connectivity index (χ4n) is 2.38. The van der Waals surface area contributed by atoms with E-state index < -0.39 is 0 Å². The molecule has 0 radical (unpaired) electrons. The molecule has 1 aliphatic rings. The van der Waals surface area contributed by atoms with Gasteiger partial charge in [-0.25, -0.2) is 0 Å². The van der Waals surface area contributed by atoms with E-state index in [-0.39, 0.29) is 6.10 Å². The van der Waals surface area contributed by atoms with Crippen LogP contribution in [0, 0.1) is 6.92 Å². The second-order valence-corrected chi connectivity index (χ2v) is 7.99. The smallest absolute Gasteiger partial charge is 0.210 e. The van der Waals surface area contributed by atoms with E-state index in [2.05, 4.69) is 39.5 Å². The Morgan fingerprint density at radius 2 is 2.04 bits per heavy atom. The molecule has 0 aliphatic carbocycles. The molecule has 130 valence electrons. The Morgan fingerprint density at radius 1 is 1.29 bits per heavy atom. The minimum Gasteiger partial charge on any atom is -0.391 e. The van der Waals surface area contributed by atoms with Gasteiger partial charge in [-0.3, -0.25) is 4.90 Å². The van der Waals surface area contributed by atoms with E-state index in [9.17, 15) is 5.11 Å². The summed E-state index contributed by atoms with van der Waals surface area (Å²) >= 11 is 3.05. The summed E-state index contributed by atoms with van der Waals surface area (Å²) in [5.41, 5.74) is 2.23. The molecule has 0 bridgehead atoms. The highest BCUT2D eigenvalue weighted by atomic mass is 32.2. The van der Waals surface area contributed by atoms with Gasteiger partial charge in [-0.1, -0.05) is 40.8 Å². The van der Waals surface area contributed by atoms with E-state index in [1.54, 1.807) is 11.8 Å². The topological polar surface area (TPSA) is 70.5 Å². The van der Waals surface area contributed by atoms with E-state index in [0.717, 1.165) is 41.5 Å². The maximum atomic E-state index is 10.2. The van der Waals surface area contributed by atoms with Crippen LogP contribution in [-0.4, -0.2) is 64.9 Å². The molecule has 1 aromatic heterocycles. The summed E-state index contributed by atoms with van der Waals surface area (Å²) in [6.45, 7) is 6.04. The number of nitrogens with one attached hydrogen (secondary N) is 1. The maximum Gasteiger partial charge on any atom is 0.210 e. The zero-order valence-electron chi connectivity index (χ0n) is 13.6. The first kappa shape index (κ1) is 17.6. The van der Waals surface area contributed by atoms with Gasteiger partial charge in [-0.05, 0) is 19.1 Å². The molecule has 2 aromatic rings. The van der Waals surface area contributed by atoms with Gasteiger partial charge in [0.15, 0.2) is 4.34 Å². The van der Waals surface area contributed by atoms with Gasteiger partial charge in [-0.2, -0.15) is 0 Å². The summed E-state index contributed by atoms with van der Waals surface area (Å²) in [4.78, 5) is 2.24. The van der Waals surface area contributed by atoms with E-state index in [4.69, 9.17) is 4.74 Å². The van der Waals surface area contributed by atoms with Crippen molar-refractivity contribution in [2.75, 3.05) is 43.9 Å². The number of nitrogens with zero attached hydrogens (tertiary/aromatic N) is 3. The van der Waals surface area contributed by atoms with Crippen molar-refractivity contribution in [1.29, 1.82) is 0 Å². The Bertz CT molecular complexity index is 629. The zero-order chi connectivity index (χ0) is 16.8. The highest BCUT2D eigenvalue weighted by Gasteiger charge is 2.16. The molecular weight excluding hydrogens is 344 g/mol. The first-order chi connectivity index (χ1) is 11.7. The summed E-state index contributed by atoms with van der Waals surface area (Å²) in [5.74, 6) is 0.622. The Kier molecular flexibility index (Phi) is 6.44. The molecule has 1 saturated heterocycles. The van der Waals surface area contributed by atoms with Gasteiger partial charge in [0, 0.05) is 31.1 Å². The first-order valence-corrected chi connectivity index (χ1v) is 9.77. The van der Waals surface area contributed by atoms with E-state index in [1.165, 1.54) is 16.9 Å². The molecule has 1 aliphatic heterocycles. The van der Waals surface area contributed by atoms with Crippen molar-refractivity contribution >= 4 is 33.9 Å². The van der Waals surface area contributed by atoms with Crippen molar-refractivity contribution in [2.45, 2.75) is 17.4 Å². The van der Waals surface area contributed by atoms with Crippen LogP contribution in [0.1, 0.15) is 5.56 Å². The number of thioether (sulfide) groups is 1. The first-order valence-electron chi connectivity index (χ1n) is 7.97. The maximum absolute atomic E-state index is 10.2. The van der Waals surface area contributed by atoms with Gasteiger partial charge < -0.3 is 15.2 Å². The highest BCUT2D eigenvalue weighted by Crippen LogP contribution is 2.28. The van der Waals surface area contributed by atoms with Crippen LogP contribution in [0.25, 0.3) is 0 Å².